The Balaban J connectivity index is 1.43. The highest BCUT2D eigenvalue weighted by molar-refractivity contribution is 6.53. The lowest BCUT2D eigenvalue weighted by Crippen LogP contribution is -2.31. The number of ketones is 1. The van der Waals surface area contributed by atoms with Crippen molar-refractivity contribution >= 4 is 87.0 Å². The smallest absolute Gasteiger partial charge is 0.231 e. The molecule has 0 radical (unpaired) electrons. The van der Waals surface area contributed by atoms with E-state index < -0.39 is 27.7 Å². The summed E-state index contributed by atoms with van der Waals surface area (Å²) in [5.74, 6) is -2.35. The van der Waals surface area contributed by atoms with Crippen LogP contribution in [0.15, 0.2) is 60.7 Å². The number of hydrogen-bond donors (Lipinski definition) is 1. The van der Waals surface area contributed by atoms with E-state index in [0.717, 1.165) is 0 Å². The Morgan fingerprint density at radius 1 is 0.951 bits per heavy atom. The Morgan fingerprint density at radius 3 is 2.15 bits per heavy atom. The van der Waals surface area contributed by atoms with E-state index >= 15 is 0 Å². The molecule has 5 nitrogen and oxygen atoms in total. The van der Waals surface area contributed by atoms with Gasteiger partial charge in [0.2, 0.25) is 11.8 Å². The lowest BCUT2D eigenvalue weighted by molar-refractivity contribution is -0.120. The lowest BCUT2D eigenvalue weighted by atomic mass is 10.0. The Morgan fingerprint density at radius 2 is 1.56 bits per heavy atom. The van der Waals surface area contributed by atoms with Crippen molar-refractivity contribution in [3.63, 3.8) is 0 Å². The van der Waals surface area contributed by atoms with Crippen molar-refractivity contribution in [1.82, 2.24) is 0 Å². The second kappa shape index (κ2) is 12.1. The van der Waals surface area contributed by atoms with Gasteiger partial charge in [0.1, 0.15) is 10.0 Å². The minimum Gasteiger partial charge on any atom is -0.326 e. The number of anilines is 2. The molecule has 4 rings (SSSR count). The lowest BCUT2D eigenvalue weighted by Gasteiger charge is -2.21. The number of halogens is 6. The van der Waals surface area contributed by atoms with Crippen molar-refractivity contribution < 1.29 is 18.8 Å². The molecular formula is C30H26Cl5FN2O3. The molecule has 0 aromatic heterocycles. The highest BCUT2D eigenvalue weighted by Gasteiger charge is 2.67. The van der Waals surface area contributed by atoms with E-state index in [9.17, 15) is 18.8 Å². The molecular weight excluding hydrogens is 633 g/mol. The van der Waals surface area contributed by atoms with Crippen LogP contribution >= 0.6 is 58.0 Å². The molecule has 1 aliphatic rings. The number of carbonyl (C=O) groups is 3. The number of nitrogens with zero attached hydrogens (tertiary/aromatic N) is 1. The van der Waals surface area contributed by atoms with Crippen LogP contribution < -0.4 is 10.2 Å². The van der Waals surface area contributed by atoms with E-state index in [0.29, 0.717) is 32.5 Å². The van der Waals surface area contributed by atoms with Crippen molar-refractivity contribution in [2.45, 2.75) is 42.6 Å². The molecule has 0 spiro atoms. The van der Waals surface area contributed by atoms with Gasteiger partial charge in [0.25, 0.3) is 0 Å². The van der Waals surface area contributed by atoms with Gasteiger partial charge in [-0.2, -0.15) is 0 Å². The molecule has 41 heavy (non-hydrogen) atoms. The van der Waals surface area contributed by atoms with Crippen molar-refractivity contribution in [3.8, 4) is 0 Å². The maximum absolute atomic E-state index is 13.9. The first kappa shape index (κ1) is 31.6. The van der Waals surface area contributed by atoms with Crippen LogP contribution in [0.4, 0.5) is 15.8 Å². The molecule has 1 saturated carbocycles. The van der Waals surface area contributed by atoms with Crippen molar-refractivity contribution in [2.75, 3.05) is 17.3 Å². The first-order valence-corrected chi connectivity index (χ1v) is 14.5. The Kier molecular flexibility index (Phi) is 9.32. The predicted octanol–water partition coefficient (Wildman–Crippen LogP) is 8.70. The zero-order chi connectivity index (χ0) is 30.3. The van der Waals surface area contributed by atoms with E-state index in [1.807, 2.05) is 0 Å². The largest absolute Gasteiger partial charge is 0.326 e. The molecule has 3 aromatic rings. The average Bonchev–Trinajstić information content (AvgIpc) is 3.45. The number of benzene rings is 3. The fourth-order valence-electron chi connectivity index (χ4n) is 4.60. The Labute approximate surface area is 262 Å². The molecule has 1 fully saturated rings. The van der Waals surface area contributed by atoms with Crippen LogP contribution in [0.1, 0.15) is 47.7 Å². The second-order valence-electron chi connectivity index (χ2n) is 10.6. The number of alkyl halides is 3. The topological polar surface area (TPSA) is 66.5 Å². The molecule has 0 heterocycles. The summed E-state index contributed by atoms with van der Waals surface area (Å²) in [7, 11) is 1.57. The summed E-state index contributed by atoms with van der Waals surface area (Å²) in [4.78, 5) is 39.9. The van der Waals surface area contributed by atoms with Crippen LogP contribution in [-0.2, 0) is 16.0 Å². The molecule has 0 bridgehead atoms. The van der Waals surface area contributed by atoms with E-state index in [1.165, 1.54) is 30.9 Å². The summed E-state index contributed by atoms with van der Waals surface area (Å²) in [6.07, 6.45) is -0.221. The molecule has 0 saturated heterocycles. The molecule has 216 valence electrons. The highest BCUT2D eigenvalue weighted by atomic mass is 35.5. The second-order valence-corrected chi connectivity index (χ2v) is 13.4. The molecule has 1 N–H and O–H groups in total. The quantitative estimate of drug-likeness (QED) is 0.185. The number of Topliss-reactive ketones (excluding diaryl/α,β-unsaturated/α-hetero) is 1. The summed E-state index contributed by atoms with van der Waals surface area (Å²) < 4.78 is 12.5. The number of amides is 2. The van der Waals surface area contributed by atoms with Crippen molar-refractivity contribution in [2.24, 2.45) is 5.92 Å². The molecule has 2 unspecified atom stereocenters. The van der Waals surface area contributed by atoms with Gasteiger partial charge in [-0.1, -0.05) is 46.9 Å². The summed E-state index contributed by atoms with van der Waals surface area (Å²) in [6, 6.07) is 16.3. The van der Waals surface area contributed by atoms with Crippen LogP contribution in [0.2, 0.25) is 15.1 Å². The van der Waals surface area contributed by atoms with E-state index in [-0.39, 0.29) is 35.1 Å². The van der Waals surface area contributed by atoms with E-state index in [4.69, 9.17) is 58.0 Å². The first-order valence-electron chi connectivity index (χ1n) is 12.6. The maximum atomic E-state index is 13.9. The number of rotatable bonds is 9. The minimum atomic E-state index is -1.62. The molecule has 0 aliphatic heterocycles. The van der Waals surface area contributed by atoms with E-state index in [1.54, 1.807) is 55.6 Å². The summed E-state index contributed by atoms with van der Waals surface area (Å²) in [6.45, 7) is 2.70. The fraction of sp³-hybridized carbons (Fsp3) is 0.300. The Bertz CT molecular complexity index is 1480. The number of nitrogens with one attached hydrogen (secondary N) is 1. The van der Waals surface area contributed by atoms with Crippen LogP contribution in [0.5, 0.6) is 0 Å². The van der Waals surface area contributed by atoms with Crippen LogP contribution in [0.25, 0.3) is 0 Å². The highest BCUT2D eigenvalue weighted by Crippen LogP contribution is 2.65. The van der Waals surface area contributed by atoms with Gasteiger partial charge in [-0.3, -0.25) is 14.4 Å². The van der Waals surface area contributed by atoms with Crippen LogP contribution in [0, 0.1) is 5.92 Å². The molecule has 11 heteroatoms. The zero-order valence-electron chi connectivity index (χ0n) is 22.3. The van der Waals surface area contributed by atoms with Gasteiger partial charge < -0.3 is 10.2 Å². The van der Waals surface area contributed by atoms with Gasteiger partial charge >= 0.3 is 0 Å². The number of hydrogen-bond acceptors (Lipinski definition) is 3. The van der Waals surface area contributed by atoms with Crippen LogP contribution in [-0.4, -0.2) is 34.6 Å². The third-order valence-corrected chi connectivity index (χ3v) is 8.45. The summed E-state index contributed by atoms with van der Waals surface area (Å²) in [5.41, 5.74) is 0.869. The molecule has 1 aliphatic carbocycles. The third-order valence-electron chi connectivity index (χ3n) is 6.75. The normalized spacial score (nSPS) is 17.6. The standard InChI is InChI=1S/C30H26Cl5FN2O3/c1-29(2,36)15-25(40)38(3)21-7-4-16(5-8-21)10-24(39)22-14-20(6-9-23(22)33)37-28(41)27-26(30(27,34)35)17-11-18(31)13-19(32)12-17/h4-9,11-14,26-27H,10,15H2,1-3H3,(H,37,41). The van der Waals surface area contributed by atoms with Gasteiger partial charge in [-0.05, 0) is 73.5 Å². The number of carbonyl (C=O) groups excluding carboxylic acids is 3. The van der Waals surface area contributed by atoms with Crippen molar-refractivity contribution in [3.05, 3.63) is 92.4 Å². The van der Waals surface area contributed by atoms with Gasteiger partial charge in [-0.25, -0.2) is 4.39 Å². The molecule has 2 atom stereocenters. The molecule has 3 aromatic carbocycles. The van der Waals surface area contributed by atoms with Crippen LogP contribution in [0.3, 0.4) is 0 Å². The minimum absolute atomic E-state index is 0.0271. The molecule has 2 amide bonds. The third kappa shape index (κ3) is 7.54. The maximum Gasteiger partial charge on any atom is 0.231 e. The van der Waals surface area contributed by atoms with Gasteiger partial charge in [0.15, 0.2) is 5.78 Å². The summed E-state index contributed by atoms with van der Waals surface area (Å²) >= 11 is 31.4. The Hall–Kier alpha value is -2.35. The average molecular weight is 659 g/mol. The monoisotopic (exact) mass is 656 g/mol. The fourth-order valence-corrected chi connectivity index (χ4v) is 6.19. The first-order chi connectivity index (χ1) is 19.1. The van der Waals surface area contributed by atoms with Gasteiger partial charge in [0.05, 0.1) is 17.4 Å². The zero-order valence-corrected chi connectivity index (χ0v) is 26.1. The van der Waals surface area contributed by atoms with Gasteiger partial charge in [0, 0.05) is 46.4 Å². The SMILES string of the molecule is CN(C(=O)CC(C)(C)F)c1ccc(CC(=O)c2cc(NC(=O)C3C(c4cc(Cl)cc(Cl)c4)C3(Cl)Cl)ccc2Cl)cc1. The van der Waals surface area contributed by atoms with Crippen molar-refractivity contribution in [1.29, 1.82) is 0 Å². The predicted molar refractivity (Wildman–Crippen MR) is 165 cm³/mol. The van der Waals surface area contributed by atoms with E-state index in [2.05, 4.69) is 5.32 Å². The summed E-state index contributed by atoms with van der Waals surface area (Å²) in [5, 5.41) is 3.80. The van der Waals surface area contributed by atoms with Gasteiger partial charge in [-0.15, -0.1) is 23.2 Å².